The standard InChI is InChI=1S/C17H21NO3/c1-10-7-12-16-11(9-15(19)20)5-4-6-13(16)18(2)17(12)14(8-10)21-3/h7-8,11H,4-6,9H2,1-3H3,(H,19,20). The molecule has 0 aliphatic heterocycles. The molecule has 0 saturated heterocycles. The number of ether oxygens (including phenoxy) is 1. The molecule has 0 saturated carbocycles. The zero-order valence-corrected chi connectivity index (χ0v) is 12.8. The van der Waals surface area contributed by atoms with Crippen LogP contribution in [0.15, 0.2) is 12.1 Å². The summed E-state index contributed by atoms with van der Waals surface area (Å²) in [5.41, 5.74) is 4.73. The van der Waals surface area contributed by atoms with E-state index in [4.69, 9.17) is 4.74 Å². The van der Waals surface area contributed by atoms with Gasteiger partial charge in [-0.3, -0.25) is 4.79 Å². The molecular weight excluding hydrogens is 266 g/mol. The van der Waals surface area contributed by atoms with Gasteiger partial charge in [-0.05, 0) is 55.4 Å². The van der Waals surface area contributed by atoms with Gasteiger partial charge in [0.25, 0.3) is 0 Å². The summed E-state index contributed by atoms with van der Waals surface area (Å²) in [6.45, 7) is 2.05. The summed E-state index contributed by atoms with van der Waals surface area (Å²) >= 11 is 0. The molecular formula is C17H21NO3. The number of carbonyl (C=O) groups is 1. The van der Waals surface area contributed by atoms with E-state index in [9.17, 15) is 9.90 Å². The molecule has 0 radical (unpaired) electrons. The molecule has 1 aromatic carbocycles. The van der Waals surface area contributed by atoms with Gasteiger partial charge >= 0.3 is 5.97 Å². The molecule has 3 rings (SSSR count). The number of aryl methyl sites for hydroxylation is 2. The minimum absolute atomic E-state index is 0.112. The summed E-state index contributed by atoms with van der Waals surface area (Å²) in [7, 11) is 3.75. The van der Waals surface area contributed by atoms with Gasteiger partial charge in [0.2, 0.25) is 0 Å². The van der Waals surface area contributed by atoms with Crippen LogP contribution in [0.2, 0.25) is 0 Å². The fraction of sp³-hybridized carbons (Fsp3) is 0.471. The highest BCUT2D eigenvalue weighted by atomic mass is 16.5. The van der Waals surface area contributed by atoms with Crippen molar-refractivity contribution in [2.45, 2.75) is 38.5 Å². The van der Waals surface area contributed by atoms with Crippen LogP contribution in [0.1, 0.15) is 42.0 Å². The minimum Gasteiger partial charge on any atom is -0.495 e. The fourth-order valence-electron chi connectivity index (χ4n) is 3.76. The van der Waals surface area contributed by atoms with Crippen molar-refractivity contribution in [3.63, 3.8) is 0 Å². The van der Waals surface area contributed by atoms with Crippen LogP contribution in [0, 0.1) is 6.92 Å². The van der Waals surface area contributed by atoms with Crippen LogP contribution in [-0.2, 0) is 18.3 Å². The van der Waals surface area contributed by atoms with Crippen molar-refractivity contribution in [1.29, 1.82) is 0 Å². The van der Waals surface area contributed by atoms with E-state index in [1.165, 1.54) is 11.3 Å². The molecule has 112 valence electrons. The third-order valence-electron chi connectivity index (χ3n) is 4.58. The maximum atomic E-state index is 11.2. The molecule has 4 nitrogen and oxygen atoms in total. The molecule has 1 N–H and O–H groups in total. The third kappa shape index (κ3) is 2.19. The molecule has 1 heterocycles. The van der Waals surface area contributed by atoms with Gasteiger partial charge in [-0.15, -0.1) is 0 Å². The average molecular weight is 287 g/mol. The number of nitrogens with zero attached hydrogens (tertiary/aromatic N) is 1. The van der Waals surface area contributed by atoms with Gasteiger partial charge < -0.3 is 14.4 Å². The molecule has 0 spiro atoms. The minimum atomic E-state index is -0.718. The van der Waals surface area contributed by atoms with Crippen molar-refractivity contribution in [2.75, 3.05) is 7.11 Å². The van der Waals surface area contributed by atoms with Crippen LogP contribution in [0.25, 0.3) is 10.9 Å². The molecule has 21 heavy (non-hydrogen) atoms. The lowest BCUT2D eigenvalue weighted by atomic mass is 9.83. The lowest BCUT2D eigenvalue weighted by Crippen LogP contribution is -2.14. The Morgan fingerprint density at radius 3 is 2.90 bits per heavy atom. The Morgan fingerprint density at radius 1 is 1.48 bits per heavy atom. The van der Waals surface area contributed by atoms with Gasteiger partial charge in [-0.1, -0.05) is 0 Å². The Bertz CT molecular complexity index is 715. The highest BCUT2D eigenvalue weighted by Crippen LogP contribution is 2.43. The molecule has 2 aromatic rings. The topological polar surface area (TPSA) is 51.5 Å². The van der Waals surface area contributed by atoms with Crippen LogP contribution in [-0.4, -0.2) is 22.8 Å². The summed E-state index contributed by atoms with van der Waals surface area (Å²) < 4.78 is 7.74. The summed E-state index contributed by atoms with van der Waals surface area (Å²) in [5, 5.41) is 10.4. The van der Waals surface area contributed by atoms with Gasteiger partial charge in [0, 0.05) is 18.1 Å². The van der Waals surface area contributed by atoms with E-state index >= 15 is 0 Å². The van der Waals surface area contributed by atoms with Crippen molar-refractivity contribution in [2.24, 2.45) is 7.05 Å². The van der Waals surface area contributed by atoms with Crippen LogP contribution in [0.3, 0.4) is 0 Å². The van der Waals surface area contributed by atoms with Crippen LogP contribution < -0.4 is 4.74 Å². The Hall–Kier alpha value is -1.97. The van der Waals surface area contributed by atoms with Crippen molar-refractivity contribution in [1.82, 2.24) is 4.57 Å². The van der Waals surface area contributed by atoms with E-state index in [-0.39, 0.29) is 12.3 Å². The smallest absolute Gasteiger partial charge is 0.303 e. The molecule has 1 aliphatic rings. The number of rotatable bonds is 3. The molecule has 1 aromatic heterocycles. The summed E-state index contributed by atoms with van der Waals surface area (Å²) in [6.07, 6.45) is 3.23. The SMILES string of the molecule is COc1cc(C)cc2c3c(n(C)c12)CCCC3CC(=O)O. The molecule has 1 atom stereocenters. The fourth-order valence-corrected chi connectivity index (χ4v) is 3.76. The Balaban J connectivity index is 2.29. The van der Waals surface area contributed by atoms with E-state index in [1.807, 2.05) is 6.07 Å². The van der Waals surface area contributed by atoms with Crippen LogP contribution >= 0.6 is 0 Å². The third-order valence-corrected chi connectivity index (χ3v) is 4.58. The van der Waals surface area contributed by atoms with Crippen LogP contribution in [0.5, 0.6) is 5.75 Å². The molecule has 1 unspecified atom stereocenters. The van der Waals surface area contributed by atoms with Gasteiger partial charge in [0.1, 0.15) is 5.75 Å². The van der Waals surface area contributed by atoms with Gasteiger partial charge in [0.15, 0.2) is 0 Å². The second kappa shape index (κ2) is 5.10. The second-order valence-electron chi connectivity index (χ2n) is 5.97. The van der Waals surface area contributed by atoms with Gasteiger partial charge in [-0.25, -0.2) is 0 Å². The number of aliphatic carboxylic acids is 1. The Kier molecular flexibility index (Phi) is 3.40. The zero-order valence-electron chi connectivity index (χ0n) is 12.8. The van der Waals surface area contributed by atoms with E-state index in [2.05, 4.69) is 24.6 Å². The Morgan fingerprint density at radius 2 is 2.24 bits per heavy atom. The summed E-state index contributed by atoms with van der Waals surface area (Å²) in [4.78, 5) is 11.2. The van der Waals surface area contributed by atoms with Gasteiger partial charge in [0.05, 0.1) is 19.0 Å². The quantitative estimate of drug-likeness (QED) is 0.941. The maximum absolute atomic E-state index is 11.2. The number of carboxylic acid groups (broad SMARTS) is 1. The number of methoxy groups -OCH3 is 1. The number of aromatic nitrogens is 1. The van der Waals surface area contributed by atoms with Crippen LogP contribution in [0.4, 0.5) is 0 Å². The van der Waals surface area contributed by atoms with Gasteiger partial charge in [-0.2, -0.15) is 0 Å². The monoisotopic (exact) mass is 287 g/mol. The second-order valence-corrected chi connectivity index (χ2v) is 5.97. The molecule has 1 aliphatic carbocycles. The molecule has 4 heteroatoms. The lowest BCUT2D eigenvalue weighted by molar-refractivity contribution is -0.137. The summed E-state index contributed by atoms with van der Waals surface area (Å²) in [5.74, 6) is 0.266. The van der Waals surface area contributed by atoms with Crippen molar-refractivity contribution < 1.29 is 14.6 Å². The van der Waals surface area contributed by atoms with E-state index < -0.39 is 5.97 Å². The average Bonchev–Trinajstić information content (AvgIpc) is 2.72. The van der Waals surface area contributed by atoms with E-state index in [0.717, 1.165) is 41.5 Å². The highest BCUT2D eigenvalue weighted by molar-refractivity contribution is 5.92. The summed E-state index contributed by atoms with van der Waals surface area (Å²) in [6, 6.07) is 4.21. The highest BCUT2D eigenvalue weighted by Gasteiger charge is 2.29. The lowest BCUT2D eigenvalue weighted by Gasteiger charge is -2.22. The number of hydrogen-bond acceptors (Lipinski definition) is 2. The number of hydrogen-bond donors (Lipinski definition) is 1. The molecule has 0 fully saturated rings. The first-order valence-electron chi connectivity index (χ1n) is 7.40. The largest absolute Gasteiger partial charge is 0.495 e. The van der Waals surface area contributed by atoms with E-state index in [0.29, 0.717) is 0 Å². The number of carboxylic acids is 1. The predicted octanol–water partition coefficient (Wildman–Crippen LogP) is 3.39. The van der Waals surface area contributed by atoms with Crippen molar-refractivity contribution in [3.05, 3.63) is 29.0 Å². The number of benzene rings is 1. The maximum Gasteiger partial charge on any atom is 0.303 e. The van der Waals surface area contributed by atoms with Crippen molar-refractivity contribution in [3.8, 4) is 5.75 Å². The normalized spacial score (nSPS) is 17.8. The molecule has 0 amide bonds. The first kappa shape index (κ1) is 14.0. The first-order chi connectivity index (χ1) is 10.0. The van der Waals surface area contributed by atoms with E-state index in [1.54, 1.807) is 7.11 Å². The Labute approximate surface area is 124 Å². The van der Waals surface area contributed by atoms with Crippen molar-refractivity contribution >= 4 is 16.9 Å². The molecule has 0 bridgehead atoms. The zero-order chi connectivity index (χ0) is 15.1. The number of fused-ring (bicyclic) bond motifs is 3. The first-order valence-corrected chi connectivity index (χ1v) is 7.40. The predicted molar refractivity (Wildman–Crippen MR) is 82.1 cm³/mol.